The summed E-state index contributed by atoms with van der Waals surface area (Å²) in [6, 6.07) is 5.56. The number of hydrogen-bond donors (Lipinski definition) is 2. The Morgan fingerprint density at radius 3 is 2.72 bits per heavy atom. The zero-order chi connectivity index (χ0) is 12.8. The SMILES string of the molecule is CSCCC(N)C(=O)Nc1cc(C)ccc1C.Cl. The molecule has 3 nitrogen and oxygen atoms in total. The van der Waals surface area contributed by atoms with Gasteiger partial charge in [-0.3, -0.25) is 4.79 Å². The molecule has 3 N–H and O–H groups in total. The molecule has 0 aromatic heterocycles. The third-order valence-electron chi connectivity index (χ3n) is 2.62. The van der Waals surface area contributed by atoms with E-state index in [1.54, 1.807) is 11.8 Å². The van der Waals surface area contributed by atoms with Gasteiger partial charge >= 0.3 is 0 Å². The summed E-state index contributed by atoms with van der Waals surface area (Å²) in [5.41, 5.74) is 8.85. The summed E-state index contributed by atoms with van der Waals surface area (Å²) in [7, 11) is 0. The van der Waals surface area contributed by atoms with Gasteiger partial charge in [0.2, 0.25) is 5.91 Å². The summed E-state index contributed by atoms with van der Waals surface area (Å²) in [5, 5.41) is 2.89. The predicted octanol–water partition coefficient (Wildman–Crippen LogP) is 2.74. The van der Waals surface area contributed by atoms with E-state index in [0.29, 0.717) is 6.42 Å². The van der Waals surface area contributed by atoms with Crippen LogP contribution in [0.4, 0.5) is 5.69 Å². The molecule has 5 heteroatoms. The van der Waals surface area contributed by atoms with Crippen LogP contribution >= 0.6 is 24.2 Å². The minimum atomic E-state index is -0.428. The summed E-state index contributed by atoms with van der Waals surface area (Å²) in [6.07, 6.45) is 2.72. The van der Waals surface area contributed by atoms with Crippen molar-refractivity contribution in [2.24, 2.45) is 5.73 Å². The smallest absolute Gasteiger partial charge is 0.241 e. The Morgan fingerprint density at radius 1 is 1.44 bits per heavy atom. The summed E-state index contributed by atoms with van der Waals surface area (Å²) >= 11 is 1.70. The number of benzene rings is 1. The number of halogens is 1. The molecular weight excluding hydrogens is 268 g/mol. The van der Waals surface area contributed by atoms with E-state index in [1.807, 2.05) is 38.3 Å². The quantitative estimate of drug-likeness (QED) is 0.876. The van der Waals surface area contributed by atoms with Crippen LogP contribution in [0.25, 0.3) is 0 Å². The fourth-order valence-electron chi connectivity index (χ4n) is 1.47. The van der Waals surface area contributed by atoms with Crippen molar-refractivity contribution >= 4 is 35.8 Å². The van der Waals surface area contributed by atoms with Gasteiger partial charge in [-0.25, -0.2) is 0 Å². The molecule has 1 rings (SSSR count). The third kappa shape index (κ3) is 5.29. The fourth-order valence-corrected chi connectivity index (χ4v) is 1.96. The normalized spacial score (nSPS) is 11.6. The molecule has 0 aliphatic carbocycles. The third-order valence-corrected chi connectivity index (χ3v) is 3.26. The van der Waals surface area contributed by atoms with Gasteiger partial charge in [0.25, 0.3) is 0 Å². The summed E-state index contributed by atoms with van der Waals surface area (Å²) in [4.78, 5) is 11.8. The lowest BCUT2D eigenvalue weighted by Gasteiger charge is -2.13. The molecule has 1 unspecified atom stereocenters. The fraction of sp³-hybridized carbons (Fsp3) is 0.462. The molecule has 0 spiro atoms. The lowest BCUT2D eigenvalue weighted by atomic mass is 10.1. The highest BCUT2D eigenvalue weighted by Gasteiger charge is 2.13. The monoisotopic (exact) mass is 288 g/mol. The number of hydrogen-bond acceptors (Lipinski definition) is 3. The van der Waals surface area contributed by atoms with Crippen LogP contribution in [0.5, 0.6) is 0 Å². The second-order valence-electron chi connectivity index (χ2n) is 4.20. The molecule has 0 fully saturated rings. The Bertz CT molecular complexity index is 399. The molecule has 1 aromatic rings. The number of carbonyl (C=O) groups is 1. The summed E-state index contributed by atoms with van der Waals surface area (Å²) in [6.45, 7) is 3.98. The second kappa shape index (κ2) is 8.40. The molecular formula is C13H21ClN2OS. The summed E-state index contributed by atoms with van der Waals surface area (Å²) in [5.74, 6) is 0.800. The molecule has 0 radical (unpaired) electrons. The van der Waals surface area contributed by atoms with E-state index in [9.17, 15) is 4.79 Å². The largest absolute Gasteiger partial charge is 0.324 e. The minimum Gasteiger partial charge on any atom is -0.324 e. The average Bonchev–Trinajstić information content (AvgIpc) is 2.30. The van der Waals surface area contributed by atoms with Gasteiger partial charge in [0.15, 0.2) is 0 Å². The van der Waals surface area contributed by atoms with Crippen LogP contribution in [0.1, 0.15) is 17.5 Å². The van der Waals surface area contributed by atoms with Crippen LogP contribution in [-0.2, 0) is 4.79 Å². The molecule has 1 amide bonds. The molecule has 0 saturated heterocycles. The molecule has 18 heavy (non-hydrogen) atoms. The zero-order valence-electron chi connectivity index (χ0n) is 11.0. The molecule has 102 valence electrons. The Balaban J connectivity index is 0.00000289. The first-order valence-electron chi connectivity index (χ1n) is 5.67. The molecule has 1 aromatic carbocycles. The number of rotatable bonds is 5. The van der Waals surface area contributed by atoms with E-state index >= 15 is 0 Å². The molecule has 0 bridgehead atoms. The van der Waals surface area contributed by atoms with Gasteiger partial charge in [-0.2, -0.15) is 11.8 Å². The lowest BCUT2D eigenvalue weighted by Crippen LogP contribution is -2.36. The van der Waals surface area contributed by atoms with E-state index in [4.69, 9.17) is 5.73 Å². The second-order valence-corrected chi connectivity index (χ2v) is 5.18. The zero-order valence-corrected chi connectivity index (χ0v) is 12.7. The number of anilines is 1. The van der Waals surface area contributed by atoms with Gasteiger partial charge in [-0.1, -0.05) is 12.1 Å². The van der Waals surface area contributed by atoms with Crippen LogP contribution in [0, 0.1) is 13.8 Å². The van der Waals surface area contributed by atoms with Crippen molar-refractivity contribution in [2.75, 3.05) is 17.3 Å². The highest BCUT2D eigenvalue weighted by Crippen LogP contribution is 2.16. The van der Waals surface area contributed by atoms with Crippen molar-refractivity contribution in [1.29, 1.82) is 0 Å². The number of nitrogens with two attached hydrogens (primary N) is 1. The van der Waals surface area contributed by atoms with Gasteiger partial charge in [0, 0.05) is 5.69 Å². The Morgan fingerprint density at radius 2 is 2.11 bits per heavy atom. The molecule has 0 heterocycles. The first-order chi connectivity index (χ1) is 8.04. The molecule has 0 saturated carbocycles. The van der Waals surface area contributed by atoms with Crippen molar-refractivity contribution in [1.82, 2.24) is 0 Å². The highest BCUT2D eigenvalue weighted by atomic mass is 35.5. The lowest BCUT2D eigenvalue weighted by molar-refractivity contribution is -0.117. The van der Waals surface area contributed by atoms with E-state index in [1.165, 1.54) is 0 Å². The van der Waals surface area contributed by atoms with E-state index in [0.717, 1.165) is 22.6 Å². The van der Waals surface area contributed by atoms with Crippen molar-refractivity contribution < 1.29 is 4.79 Å². The van der Waals surface area contributed by atoms with E-state index in [2.05, 4.69) is 5.32 Å². The van der Waals surface area contributed by atoms with Crippen LogP contribution in [0.15, 0.2) is 18.2 Å². The van der Waals surface area contributed by atoms with Crippen LogP contribution < -0.4 is 11.1 Å². The van der Waals surface area contributed by atoms with Crippen molar-refractivity contribution in [3.8, 4) is 0 Å². The maximum absolute atomic E-state index is 11.8. The standard InChI is InChI=1S/C13H20N2OS.ClH/c1-9-4-5-10(2)12(8-9)15-13(16)11(14)6-7-17-3;/h4-5,8,11H,6-7,14H2,1-3H3,(H,15,16);1H. The Hall–Kier alpha value is -0.710. The number of thioether (sulfide) groups is 1. The van der Waals surface area contributed by atoms with Crippen molar-refractivity contribution in [3.63, 3.8) is 0 Å². The minimum absolute atomic E-state index is 0. The first-order valence-corrected chi connectivity index (χ1v) is 7.06. The van der Waals surface area contributed by atoms with Gasteiger partial charge in [-0.15, -0.1) is 12.4 Å². The van der Waals surface area contributed by atoms with Crippen LogP contribution in [-0.4, -0.2) is 24.0 Å². The predicted molar refractivity (Wildman–Crippen MR) is 82.8 cm³/mol. The number of carbonyl (C=O) groups excluding carboxylic acids is 1. The number of aryl methyl sites for hydroxylation is 2. The van der Waals surface area contributed by atoms with Crippen molar-refractivity contribution in [2.45, 2.75) is 26.3 Å². The maximum Gasteiger partial charge on any atom is 0.241 e. The topological polar surface area (TPSA) is 55.1 Å². The van der Waals surface area contributed by atoms with Crippen molar-refractivity contribution in [3.05, 3.63) is 29.3 Å². The highest BCUT2D eigenvalue weighted by molar-refractivity contribution is 7.98. The van der Waals surface area contributed by atoms with Gasteiger partial charge in [-0.05, 0) is 49.5 Å². The van der Waals surface area contributed by atoms with Crippen LogP contribution in [0.3, 0.4) is 0 Å². The average molecular weight is 289 g/mol. The molecule has 0 aliphatic rings. The number of nitrogens with one attached hydrogen (secondary N) is 1. The van der Waals surface area contributed by atoms with Gasteiger partial charge in [0.05, 0.1) is 6.04 Å². The van der Waals surface area contributed by atoms with Gasteiger partial charge in [0.1, 0.15) is 0 Å². The van der Waals surface area contributed by atoms with Crippen LogP contribution in [0.2, 0.25) is 0 Å². The van der Waals surface area contributed by atoms with E-state index < -0.39 is 6.04 Å². The number of amides is 1. The Kier molecular flexibility index (Phi) is 8.07. The van der Waals surface area contributed by atoms with Gasteiger partial charge < -0.3 is 11.1 Å². The molecule has 1 atom stereocenters. The first kappa shape index (κ1) is 17.3. The molecule has 0 aliphatic heterocycles. The Labute approximate surface area is 119 Å². The van der Waals surface area contributed by atoms with E-state index in [-0.39, 0.29) is 18.3 Å². The summed E-state index contributed by atoms with van der Waals surface area (Å²) < 4.78 is 0. The maximum atomic E-state index is 11.8.